The van der Waals surface area contributed by atoms with E-state index in [0.29, 0.717) is 25.0 Å². The quantitative estimate of drug-likeness (QED) is 0.647. The van der Waals surface area contributed by atoms with Crippen molar-refractivity contribution in [2.24, 2.45) is 0 Å². The van der Waals surface area contributed by atoms with Crippen molar-refractivity contribution in [2.75, 3.05) is 20.8 Å². The van der Waals surface area contributed by atoms with Crippen LogP contribution in [0.5, 0.6) is 11.5 Å². The first-order valence-corrected chi connectivity index (χ1v) is 9.94. The first-order chi connectivity index (χ1) is 13.6. The van der Waals surface area contributed by atoms with E-state index in [1.165, 1.54) is 32.1 Å². The molecule has 2 aromatic rings. The zero-order chi connectivity index (χ0) is 20.1. The highest BCUT2D eigenvalue weighted by molar-refractivity contribution is 5.68. The second-order valence-corrected chi connectivity index (χ2v) is 7.40. The van der Waals surface area contributed by atoms with Gasteiger partial charge >= 0.3 is 0 Å². The minimum absolute atomic E-state index is 0.530. The summed E-state index contributed by atoms with van der Waals surface area (Å²) in [6.07, 6.45) is 11.9. The van der Waals surface area contributed by atoms with Crippen LogP contribution < -0.4 is 9.47 Å². The lowest BCUT2D eigenvalue weighted by atomic mass is 9.94. The van der Waals surface area contributed by atoms with Crippen LogP contribution in [-0.4, -0.2) is 36.7 Å². The van der Waals surface area contributed by atoms with Gasteiger partial charge in [0.25, 0.3) is 0 Å². The Balaban J connectivity index is 1.88. The summed E-state index contributed by atoms with van der Waals surface area (Å²) in [6, 6.07) is 4.38. The van der Waals surface area contributed by atoms with E-state index in [0.717, 1.165) is 34.1 Å². The summed E-state index contributed by atoms with van der Waals surface area (Å²) in [5.41, 5.74) is 2.69. The molecule has 28 heavy (non-hydrogen) atoms. The van der Waals surface area contributed by atoms with Gasteiger partial charge in [0.1, 0.15) is 17.3 Å². The third-order valence-electron chi connectivity index (χ3n) is 5.64. The molecule has 0 unspecified atom stereocenters. The lowest BCUT2D eigenvalue weighted by Gasteiger charge is -2.32. The molecule has 150 valence electrons. The number of rotatable bonds is 7. The lowest BCUT2D eigenvalue weighted by Crippen LogP contribution is -2.36. The Kier molecular flexibility index (Phi) is 6.64. The Morgan fingerprint density at radius 1 is 1.18 bits per heavy atom. The van der Waals surface area contributed by atoms with Gasteiger partial charge in [0.2, 0.25) is 5.89 Å². The fourth-order valence-corrected chi connectivity index (χ4v) is 4.09. The van der Waals surface area contributed by atoms with Gasteiger partial charge in [0.05, 0.1) is 32.0 Å². The maximum absolute atomic E-state index is 6.03. The molecule has 0 amide bonds. The molecule has 1 fully saturated rings. The zero-order valence-corrected chi connectivity index (χ0v) is 17.4. The van der Waals surface area contributed by atoms with Crippen LogP contribution in [0.2, 0.25) is 0 Å². The summed E-state index contributed by atoms with van der Waals surface area (Å²) in [6.45, 7) is 5.28. The van der Waals surface area contributed by atoms with Crippen LogP contribution in [-0.2, 0) is 6.54 Å². The second kappa shape index (κ2) is 9.16. The molecule has 3 rings (SSSR count). The van der Waals surface area contributed by atoms with Gasteiger partial charge in [-0.05, 0) is 38.8 Å². The number of methoxy groups -OCH3 is 2. The molecular formula is C23H30N2O3. The number of benzene rings is 1. The lowest BCUT2D eigenvalue weighted by molar-refractivity contribution is 0.165. The molecule has 0 saturated heterocycles. The molecule has 5 heteroatoms. The van der Waals surface area contributed by atoms with E-state index in [1.54, 1.807) is 14.2 Å². The van der Waals surface area contributed by atoms with Gasteiger partial charge in [-0.25, -0.2) is 4.98 Å². The van der Waals surface area contributed by atoms with Crippen molar-refractivity contribution in [3.05, 3.63) is 29.2 Å². The van der Waals surface area contributed by atoms with E-state index in [1.807, 2.05) is 26.0 Å². The number of oxazole rings is 1. The van der Waals surface area contributed by atoms with Crippen LogP contribution in [0.25, 0.3) is 11.5 Å². The monoisotopic (exact) mass is 382 g/mol. The fourth-order valence-electron chi connectivity index (χ4n) is 4.09. The van der Waals surface area contributed by atoms with Crippen molar-refractivity contribution in [1.29, 1.82) is 0 Å². The van der Waals surface area contributed by atoms with E-state index < -0.39 is 0 Å². The van der Waals surface area contributed by atoms with Gasteiger partial charge in [-0.1, -0.05) is 25.2 Å². The van der Waals surface area contributed by atoms with Gasteiger partial charge in [0, 0.05) is 18.2 Å². The highest BCUT2D eigenvalue weighted by atomic mass is 16.5. The Bertz CT molecular complexity index is 844. The number of nitrogens with zero attached hydrogens (tertiary/aromatic N) is 2. The number of aromatic nitrogens is 1. The molecule has 0 spiro atoms. The topological polar surface area (TPSA) is 47.7 Å². The number of aryl methyl sites for hydroxylation is 1. The van der Waals surface area contributed by atoms with Crippen molar-refractivity contribution in [2.45, 2.75) is 58.5 Å². The Hall–Kier alpha value is -2.45. The molecule has 1 aromatic heterocycles. The SMILES string of the molecule is C#CCN(Cc1nc(-c2ccc(OC)c(C)c2OC)oc1C)C1CCCCC1. The summed E-state index contributed by atoms with van der Waals surface area (Å²) in [5, 5.41) is 0. The Morgan fingerprint density at radius 2 is 1.93 bits per heavy atom. The number of hydrogen-bond acceptors (Lipinski definition) is 5. The van der Waals surface area contributed by atoms with Crippen molar-refractivity contribution in [1.82, 2.24) is 9.88 Å². The highest BCUT2D eigenvalue weighted by Crippen LogP contribution is 2.38. The molecule has 0 bridgehead atoms. The summed E-state index contributed by atoms with van der Waals surface area (Å²) >= 11 is 0. The van der Waals surface area contributed by atoms with Crippen LogP contribution in [0.4, 0.5) is 0 Å². The molecule has 1 aliphatic rings. The van der Waals surface area contributed by atoms with Crippen LogP contribution >= 0.6 is 0 Å². The molecule has 1 heterocycles. The van der Waals surface area contributed by atoms with E-state index in [4.69, 9.17) is 25.3 Å². The largest absolute Gasteiger partial charge is 0.496 e. The minimum atomic E-state index is 0.530. The van der Waals surface area contributed by atoms with Crippen molar-refractivity contribution >= 4 is 0 Å². The third kappa shape index (κ3) is 4.18. The average Bonchev–Trinajstić information content (AvgIpc) is 3.08. The smallest absolute Gasteiger partial charge is 0.230 e. The highest BCUT2D eigenvalue weighted by Gasteiger charge is 2.24. The number of ether oxygens (including phenoxy) is 2. The summed E-state index contributed by atoms with van der Waals surface area (Å²) in [7, 11) is 3.31. The van der Waals surface area contributed by atoms with Crippen molar-refractivity contribution < 1.29 is 13.9 Å². The van der Waals surface area contributed by atoms with E-state index >= 15 is 0 Å². The zero-order valence-electron chi connectivity index (χ0n) is 17.4. The predicted octanol–water partition coefficient (Wildman–Crippen LogP) is 4.74. The van der Waals surface area contributed by atoms with Gasteiger partial charge in [-0.15, -0.1) is 6.42 Å². The number of hydrogen-bond donors (Lipinski definition) is 0. The number of terminal acetylenes is 1. The summed E-state index contributed by atoms with van der Waals surface area (Å²) in [5.74, 6) is 5.71. The molecule has 0 aliphatic heterocycles. The first kappa shape index (κ1) is 20.3. The van der Waals surface area contributed by atoms with Crippen molar-refractivity contribution in [3.63, 3.8) is 0 Å². The summed E-state index contributed by atoms with van der Waals surface area (Å²) < 4.78 is 17.0. The Morgan fingerprint density at radius 3 is 2.57 bits per heavy atom. The molecule has 0 radical (unpaired) electrons. The normalized spacial score (nSPS) is 14.9. The van der Waals surface area contributed by atoms with Gasteiger partial charge in [-0.2, -0.15) is 0 Å². The second-order valence-electron chi connectivity index (χ2n) is 7.40. The van der Waals surface area contributed by atoms with Crippen LogP contribution in [0, 0.1) is 26.2 Å². The fraction of sp³-hybridized carbons (Fsp3) is 0.522. The standard InChI is InChI=1S/C23H30N2O3/c1-6-14-25(18-10-8-7-9-11-18)15-20-17(3)28-23(24-20)19-12-13-21(26-4)16(2)22(19)27-5/h1,12-13,18H,7-11,14-15H2,2-5H3. The van der Waals surface area contributed by atoms with E-state index in [2.05, 4.69) is 10.8 Å². The molecule has 1 saturated carbocycles. The molecule has 1 aliphatic carbocycles. The van der Waals surface area contributed by atoms with Gasteiger partial charge in [0.15, 0.2) is 0 Å². The van der Waals surface area contributed by atoms with Crippen LogP contribution in [0.3, 0.4) is 0 Å². The molecular weight excluding hydrogens is 352 g/mol. The van der Waals surface area contributed by atoms with E-state index in [-0.39, 0.29) is 0 Å². The third-order valence-corrected chi connectivity index (χ3v) is 5.64. The molecule has 5 nitrogen and oxygen atoms in total. The maximum Gasteiger partial charge on any atom is 0.230 e. The maximum atomic E-state index is 6.03. The molecule has 0 N–H and O–H groups in total. The van der Waals surface area contributed by atoms with Gasteiger partial charge < -0.3 is 13.9 Å². The van der Waals surface area contributed by atoms with Crippen LogP contribution in [0.1, 0.15) is 49.1 Å². The Labute approximate surface area is 168 Å². The first-order valence-electron chi connectivity index (χ1n) is 9.94. The van der Waals surface area contributed by atoms with Gasteiger partial charge in [-0.3, -0.25) is 4.90 Å². The summed E-state index contributed by atoms with van der Waals surface area (Å²) in [4.78, 5) is 7.17. The predicted molar refractivity (Wildman–Crippen MR) is 111 cm³/mol. The van der Waals surface area contributed by atoms with Crippen LogP contribution in [0.15, 0.2) is 16.5 Å². The van der Waals surface area contributed by atoms with Crippen molar-refractivity contribution in [3.8, 4) is 35.3 Å². The average molecular weight is 383 g/mol. The minimum Gasteiger partial charge on any atom is -0.496 e. The molecule has 1 aromatic carbocycles. The molecule has 0 atom stereocenters. The van der Waals surface area contributed by atoms with E-state index in [9.17, 15) is 0 Å².